The molecule has 1 aromatic carbocycles. The molecule has 23 heavy (non-hydrogen) atoms. The van der Waals surface area contributed by atoms with Crippen molar-refractivity contribution in [2.24, 2.45) is 0 Å². The summed E-state index contributed by atoms with van der Waals surface area (Å²) in [4.78, 5) is 38.2. The van der Waals surface area contributed by atoms with Crippen molar-refractivity contribution in [3.05, 3.63) is 41.6 Å². The van der Waals surface area contributed by atoms with Gasteiger partial charge in [0.15, 0.2) is 12.4 Å². The van der Waals surface area contributed by atoms with E-state index in [-0.39, 0.29) is 31.3 Å². The zero-order chi connectivity index (χ0) is 16.8. The van der Waals surface area contributed by atoms with E-state index in [9.17, 15) is 14.4 Å². The molecular weight excluding hydrogens is 296 g/mol. The summed E-state index contributed by atoms with van der Waals surface area (Å²) in [5.41, 5.74) is 2.77. The molecule has 2 aromatic rings. The predicted molar refractivity (Wildman–Crippen MR) is 84.8 cm³/mol. The van der Waals surface area contributed by atoms with Gasteiger partial charge in [-0.1, -0.05) is 6.07 Å². The molecule has 6 heteroatoms. The fraction of sp³-hybridized carbons (Fsp3) is 0.294. The Morgan fingerprint density at radius 3 is 2.74 bits per heavy atom. The number of esters is 1. The third kappa shape index (κ3) is 5.18. The molecule has 0 bridgehead atoms. The molecule has 0 fully saturated rings. The van der Waals surface area contributed by atoms with Gasteiger partial charge < -0.3 is 10.1 Å². The van der Waals surface area contributed by atoms with Crippen LogP contribution in [0.5, 0.6) is 0 Å². The number of Topliss-reactive ketones (excluding diaryl/α,β-unsaturated/α-hetero) is 1. The summed E-state index contributed by atoms with van der Waals surface area (Å²) in [7, 11) is 0. The monoisotopic (exact) mass is 314 g/mol. The minimum atomic E-state index is -0.523. The smallest absolute Gasteiger partial charge is 0.303 e. The number of fused-ring (bicyclic) bond motifs is 1. The maximum atomic E-state index is 11.9. The average molecular weight is 314 g/mol. The van der Waals surface area contributed by atoms with Gasteiger partial charge in [-0.3, -0.25) is 19.4 Å². The number of aryl methyl sites for hydroxylation is 1. The standard InChI is InChI=1S/C17H18N2O4/c1-11-5-14-6-13(3-4-16(14)18-8-11)7-17(22)19-9-15(21)10-23-12(2)20/h3-6,8H,7,9-10H2,1-2H3,(H,19,22). The number of carbonyl (C=O) groups excluding carboxylic acids is 3. The Balaban J connectivity index is 1.90. The van der Waals surface area contributed by atoms with Crippen LogP contribution >= 0.6 is 0 Å². The van der Waals surface area contributed by atoms with Crippen molar-refractivity contribution in [3.63, 3.8) is 0 Å². The number of hydrogen-bond donors (Lipinski definition) is 1. The molecule has 6 nitrogen and oxygen atoms in total. The summed E-state index contributed by atoms with van der Waals surface area (Å²) < 4.78 is 4.57. The first kappa shape index (κ1) is 16.6. The fourth-order valence-corrected chi connectivity index (χ4v) is 2.08. The van der Waals surface area contributed by atoms with Gasteiger partial charge in [0.1, 0.15) is 0 Å². The molecule has 0 atom stereocenters. The number of nitrogens with zero attached hydrogens (tertiary/aromatic N) is 1. The van der Waals surface area contributed by atoms with Crippen molar-refractivity contribution < 1.29 is 19.1 Å². The molecule has 0 radical (unpaired) electrons. The SMILES string of the molecule is CC(=O)OCC(=O)CNC(=O)Cc1ccc2ncc(C)cc2c1. The largest absolute Gasteiger partial charge is 0.458 e. The summed E-state index contributed by atoms with van der Waals surface area (Å²) in [5, 5.41) is 3.49. The highest BCUT2D eigenvalue weighted by Gasteiger charge is 2.08. The van der Waals surface area contributed by atoms with Crippen molar-refractivity contribution in [2.75, 3.05) is 13.2 Å². The number of nitrogens with one attached hydrogen (secondary N) is 1. The summed E-state index contributed by atoms with van der Waals surface area (Å²) >= 11 is 0. The number of carbonyl (C=O) groups is 3. The van der Waals surface area contributed by atoms with Gasteiger partial charge in [-0.05, 0) is 36.2 Å². The second-order valence-electron chi connectivity index (χ2n) is 5.31. The molecule has 1 N–H and O–H groups in total. The third-order valence-corrected chi connectivity index (χ3v) is 3.17. The van der Waals surface area contributed by atoms with Crippen LogP contribution in [0, 0.1) is 6.92 Å². The van der Waals surface area contributed by atoms with E-state index in [1.54, 1.807) is 6.20 Å². The van der Waals surface area contributed by atoms with Gasteiger partial charge in [-0.25, -0.2) is 0 Å². The van der Waals surface area contributed by atoms with Gasteiger partial charge in [0.25, 0.3) is 0 Å². The van der Waals surface area contributed by atoms with E-state index in [1.807, 2.05) is 31.2 Å². The molecule has 1 amide bonds. The zero-order valence-electron chi connectivity index (χ0n) is 13.1. The normalized spacial score (nSPS) is 10.3. The van der Waals surface area contributed by atoms with E-state index in [0.717, 1.165) is 22.0 Å². The Bertz CT molecular complexity index is 755. The van der Waals surface area contributed by atoms with Crippen LogP contribution in [0.4, 0.5) is 0 Å². The van der Waals surface area contributed by atoms with Crippen LogP contribution in [-0.4, -0.2) is 35.8 Å². The van der Waals surface area contributed by atoms with Crippen molar-refractivity contribution in [1.82, 2.24) is 10.3 Å². The molecule has 0 aliphatic carbocycles. The lowest BCUT2D eigenvalue weighted by atomic mass is 10.1. The van der Waals surface area contributed by atoms with E-state index in [0.29, 0.717) is 0 Å². The molecule has 120 valence electrons. The molecule has 0 unspecified atom stereocenters. The van der Waals surface area contributed by atoms with E-state index in [4.69, 9.17) is 0 Å². The van der Waals surface area contributed by atoms with Crippen LogP contribution in [0.15, 0.2) is 30.5 Å². The van der Waals surface area contributed by atoms with E-state index in [2.05, 4.69) is 15.0 Å². The van der Waals surface area contributed by atoms with Crippen molar-refractivity contribution in [2.45, 2.75) is 20.3 Å². The number of ether oxygens (including phenoxy) is 1. The van der Waals surface area contributed by atoms with Crippen LogP contribution in [0.25, 0.3) is 10.9 Å². The number of hydrogen-bond acceptors (Lipinski definition) is 5. The van der Waals surface area contributed by atoms with Crippen LogP contribution in [-0.2, 0) is 25.5 Å². The Morgan fingerprint density at radius 1 is 1.22 bits per heavy atom. The quantitative estimate of drug-likeness (QED) is 0.813. The van der Waals surface area contributed by atoms with E-state index >= 15 is 0 Å². The van der Waals surface area contributed by atoms with Gasteiger partial charge in [-0.2, -0.15) is 0 Å². The lowest BCUT2D eigenvalue weighted by Gasteiger charge is -2.06. The van der Waals surface area contributed by atoms with Crippen molar-refractivity contribution in [1.29, 1.82) is 0 Å². The number of benzene rings is 1. The Morgan fingerprint density at radius 2 is 2.00 bits per heavy atom. The highest BCUT2D eigenvalue weighted by atomic mass is 16.5. The summed E-state index contributed by atoms with van der Waals surface area (Å²) in [6.45, 7) is 2.71. The molecule has 1 aromatic heterocycles. The van der Waals surface area contributed by atoms with Gasteiger partial charge in [-0.15, -0.1) is 0 Å². The number of rotatable bonds is 6. The molecule has 0 aliphatic rings. The maximum Gasteiger partial charge on any atom is 0.303 e. The maximum absolute atomic E-state index is 11.9. The third-order valence-electron chi connectivity index (χ3n) is 3.17. The summed E-state index contributed by atoms with van der Waals surface area (Å²) in [5.74, 6) is -1.14. The number of ketones is 1. The number of pyridine rings is 1. The predicted octanol–water partition coefficient (Wildman–Crippen LogP) is 1.33. The number of aromatic nitrogens is 1. The summed E-state index contributed by atoms with van der Waals surface area (Å²) in [6.07, 6.45) is 1.97. The minimum Gasteiger partial charge on any atom is -0.458 e. The molecule has 0 saturated heterocycles. The Kier molecular flexibility index (Phi) is 5.41. The second-order valence-corrected chi connectivity index (χ2v) is 5.31. The molecule has 0 aliphatic heterocycles. The first-order valence-corrected chi connectivity index (χ1v) is 7.21. The van der Waals surface area contributed by atoms with Crippen LogP contribution in [0.3, 0.4) is 0 Å². The Hall–Kier alpha value is -2.76. The Labute approximate surface area is 133 Å². The van der Waals surface area contributed by atoms with Crippen molar-refractivity contribution in [3.8, 4) is 0 Å². The van der Waals surface area contributed by atoms with E-state index in [1.165, 1.54) is 6.92 Å². The van der Waals surface area contributed by atoms with Crippen molar-refractivity contribution >= 4 is 28.6 Å². The fourth-order valence-electron chi connectivity index (χ4n) is 2.08. The molecule has 0 spiro atoms. The van der Waals surface area contributed by atoms with Gasteiger partial charge in [0, 0.05) is 18.5 Å². The van der Waals surface area contributed by atoms with Crippen LogP contribution in [0.2, 0.25) is 0 Å². The lowest BCUT2D eigenvalue weighted by molar-refractivity contribution is -0.145. The second kappa shape index (κ2) is 7.49. The van der Waals surface area contributed by atoms with E-state index < -0.39 is 5.97 Å². The minimum absolute atomic E-state index is 0.152. The molecule has 1 heterocycles. The first-order valence-electron chi connectivity index (χ1n) is 7.21. The lowest BCUT2D eigenvalue weighted by Crippen LogP contribution is -2.32. The average Bonchev–Trinajstić information content (AvgIpc) is 2.50. The number of amides is 1. The topological polar surface area (TPSA) is 85.4 Å². The van der Waals surface area contributed by atoms with Crippen LogP contribution in [0.1, 0.15) is 18.1 Å². The molecule has 2 rings (SSSR count). The zero-order valence-corrected chi connectivity index (χ0v) is 13.1. The van der Waals surface area contributed by atoms with Crippen LogP contribution < -0.4 is 5.32 Å². The first-order chi connectivity index (χ1) is 10.9. The van der Waals surface area contributed by atoms with Gasteiger partial charge >= 0.3 is 5.97 Å². The molecule has 0 saturated carbocycles. The molecular formula is C17H18N2O4. The van der Waals surface area contributed by atoms with Gasteiger partial charge in [0.2, 0.25) is 5.91 Å². The highest BCUT2D eigenvalue weighted by Crippen LogP contribution is 2.15. The van der Waals surface area contributed by atoms with Gasteiger partial charge in [0.05, 0.1) is 18.5 Å². The highest BCUT2D eigenvalue weighted by molar-refractivity contribution is 5.89. The summed E-state index contributed by atoms with van der Waals surface area (Å²) in [6, 6.07) is 7.62.